The fourth-order valence-corrected chi connectivity index (χ4v) is 5.43. The number of aromatic nitrogens is 3. The molecule has 1 fully saturated rings. The van der Waals surface area contributed by atoms with Crippen molar-refractivity contribution < 1.29 is 12.8 Å². The van der Waals surface area contributed by atoms with Gasteiger partial charge < -0.3 is 4.57 Å². The fraction of sp³-hybridized carbons (Fsp3) is 0.556. The van der Waals surface area contributed by atoms with Crippen LogP contribution in [0.25, 0.3) is 11.4 Å². The van der Waals surface area contributed by atoms with Gasteiger partial charge in [0.15, 0.2) is 20.4 Å². The van der Waals surface area contributed by atoms with Gasteiger partial charge in [0, 0.05) is 19.6 Å². The van der Waals surface area contributed by atoms with Gasteiger partial charge in [-0.1, -0.05) is 26.0 Å². The van der Waals surface area contributed by atoms with E-state index in [4.69, 9.17) is 12.2 Å². The van der Waals surface area contributed by atoms with Gasteiger partial charge in [0.05, 0.1) is 23.7 Å². The third-order valence-electron chi connectivity index (χ3n) is 4.80. The van der Waals surface area contributed by atoms with Gasteiger partial charge in [-0.15, -0.1) is 0 Å². The maximum atomic E-state index is 14.2. The van der Waals surface area contributed by atoms with Gasteiger partial charge in [0.1, 0.15) is 5.82 Å². The molecule has 2 heterocycles. The van der Waals surface area contributed by atoms with Crippen molar-refractivity contribution in [2.75, 3.05) is 18.1 Å². The van der Waals surface area contributed by atoms with Gasteiger partial charge in [0.25, 0.3) is 0 Å². The molecule has 0 saturated carbocycles. The SMILES string of the molecule is CC(C)CN(Cn1nc(-c2ccccc2F)n(C)c1=S)C1CCS(=O)(=O)C1. The molecule has 6 nitrogen and oxygen atoms in total. The van der Waals surface area contributed by atoms with Crippen LogP contribution in [0.3, 0.4) is 0 Å². The van der Waals surface area contributed by atoms with Crippen LogP contribution in [-0.2, 0) is 23.6 Å². The second kappa shape index (κ2) is 7.81. The van der Waals surface area contributed by atoms with E-state index in [0.29, 0.717) is 35.2 Å². The topological polar surface area (TPSA) is 60.1 Å². The Morgan fingerprint density at radius 3 is 2.67 bits per heavy atom. The molecule has 1 aliphatic rings. The quantitative estimate of drug-likeness (QED) is 0.683. The Kier molecular flexibility index (Phi) is 5.83. The molecular weight excluding hydrogens is 387 g/mol. The molecule has 2 aromatic rings. The summed E-state index contributed by atoms with van der Waals surface area (Å²) in [5.41, 5.74) is 0.392. The number of rotatable bonds is 6. The summed E-state index contributed by atoms with van der Waals surface area (Å²) >= 11 is 5.51. The summed E-state index contributed by atoms with van der Waals surface area (Å²) in [4.78, 5) is 2.13. The first-order valence-electron chi connectivity index (χ1n) is 9.01. The first-order valence-corrected chi connectivity index (χ1v) is 11.2. The summed E-state index contributed by atoms with van der Waals surface area (Å²) in [6.07, 6.45) is 0.620. The molecule has 1 atom stereocenters. The van der Waals surface area contributed by atoms with Crippen LogP contribution in [0.2, 0.25) is 0 Å². The number of nitrogens with zero attached hydrogens (tertiary/aromatic N) is 4. The molecular formula is C18H25FN4O2S2. The third-order valence-corrected chi connectivity index (χ3v) is 7.03. The zero-order valence-corrected chi connectivity index (χ0v) is 17.4. The standard InChI is InChI=1S/C18H25FN4O2S2/c1-13(2)10-22(14-8-9-27(24,25)11-14)12-23-18(26)21(3)17(20-23)15-6-4-5-7-16(15)19/h4-7,13-14H,8-12H2,1-3H3. The third kappa shape index (κ3) is 4.47. The van der Waals surface area contributed by atoms with Gasteiger partial charge >= 0.3 is 0 Å². The second-order valence-corrected chi connectivity index (χ2v) is 10.1. The van der Waals surface area contributed by atoms with E-state index in [9.17, 15) is 12.8 Å². The number of hydrogen-bond donors (Lipinski definition) is 0. The summed E-state index contributed by atoms with van der Waals surface area (Å²) in [5.74, 6) is 0.868. The van der Waals surface area contributed by atoms with Gasteiger partial charge in [-0.25, -0.2) is 17.5 Å². The lowest BCUT2D eigenvalue weighted by atomic mass is 10.1. The highest BCUT2D eigenvalue weighted by molar-refractivity contribution is 7.91. The van der Waals surface area contributed by atoms with Gasteiger partial charge in [-0.05, 0) is 36.7 Å². The lowest BCUT2D eigenvalue weighted by Crippen LogP contribution is -2.40. The Morgan fingerprint density at radius 2 is 2.07 bits per heavy atom. The molecule has 27 heavy (non-hydrogen) atoms. The van der Waals surface area contributed by atoms with Crippen LogP contribution in [0.5, 0.6) is 0 Å². The van der Waals surface area contributed by atoms with Crippen molar-refractivity contribution in [1.82, 2.24) is 19.2 Å². The zero-order chi connectivity index (χ0) is 19.8. The molecule has 1 unspecified atom stereocenters. The molecule has 0 spiro atoms. The van der Waals surface area contributed by atoms with E-state index in [1.807, 2.05) is 0 Å². The van der Waals surface area contributed by atoms with Crippen molar-refractivity contribution in [3.05, 3.63) is 34.9 Å². The summed E-state index contributed by atoms with van der Waals surface area (Å²) in [5, 5.41) is 4.54. The minimum Gasteiger partial charge on any atom is -0.303 e. The van der Waals surface area contributed by atoms with Crippen molar-refractivity contribution in [3.63, 3.8) is 0 Å². The molecule has 1 aromatic heterocycles. The number of benzene rings is 1. The Balaban J connectivity index is 1.92. The van der Waals surface area contributed by atoms with Crippen molar-refractivity contribution in [2.24, 2.45) is 13.0 Å². The summed E-state index contributed by atoms with van der Waals surface area (Å²) in [6, 6.07) is 6.42. The Morgan fingerprint density at radius 1 is 1.37 bits per heavy atom. The van der Waals surface area contributed by atoms with E-state index in [0.717, 1.165) is 6.54 Å². The predicted molar refractivity (Wildman–Crippen MR) is 106 cm³/mol. The molecule has 0 amide bonds. The molecule has 0 N–H and O–H groups in total. The van der Waals surface area contributed by atoms with E-state index in [1.165, 1.54) is 6.07 Å². The number of hydrogen-bond acceptors (Lipinski definition) is 5. The highest BCUT2D eigenvalue weighted by atomic mass is 32.2. The van der Waals surface area contributed by atoms with Crippen LogP contribution >= 0.6 is 12.2 Å². The van der Waals surface area contributed by atoms with Crippen LogP contribution in [-0.4, -0.2) is 51.8 Å². The van der Waals surface area contributed by atoms with Crippen LogP contribution in [0, 0.1) is 16.5 Å². The smallest absolute Gasteiger partial charge is 0.199 e. The molecule has 1 saturated heterocycles. The van der Waals surface area contributed by atoms with Gasteiger partial charge in [-0.3, -0.25) is 4.90 Å². The molecule has 1 aromatic carbocycles. The van der Waals surface area contributed by atoms with Crippen molar-refractivity contribution in [3.8, 4) is 11.4 Å². The Bertz CT molecular complexity index is 981. The Hall–Kier alpha value is -1.58. The predicted octanol–water partition coefficient (Wildman–Crippen LogP) is 2.86. The molecule has 9 heteroatoms. The molecule has 0 aliphatic carbocycles. The lowest BCUT2D eigenvalue weighted by Gasteiger charge is -2.29. The molecule has 1 aliphatic heterocycles. The van der Waals surface area contributed by atoms with Gasteiger partial charge in [0.2, 0.25) is 0 Å². The minimum absolute atomic E-state index is 0.0433. The highest BCUT2D eigenvalue weighted by Crippen LogP contribution is 2.23. The van der Waals surface area contributed by atoms with E-state index in [2.05, 4.69) is 23.8 Å². The lowest BCUT2D eigenvalue weighted by molar-refractivity contribution is 0.137. The van der Waals surface area contributed by atoms with E-state index in [1.54, 1.807) is 34.5 Å². The second-order valence-electron chi connectivity index (χ2n) is 7.51. The van der Waals surface area contributed by atoms with Crippen LogP contribution in [0.4, 0.5) is 4.39 Å². The van der Waals surface area contributed by atoms with Gasteiger partial charge in [-0.2, -0.15) is 5.10 Å². The Labute approximate surface area is 164 Å². The molecule has 148 valence electrons. The maximum absolute atomic E-state index is 14.2. The number of halogens is 1. The average Bonchev–Trinajstić information content (AvgIpc) is 3.08. The first-order chi connectivity index (χ1) is 12.7. The van der Waals surface area contributed by atoms with Crippen LogP contribution in [0.15, 0.2) is 24.3 Å². The monoisotopic (exact) mass is 412 g/mol. The summed E-state index contributed by atoms with van der Waals surface area (Å²) in [6.45, 7) is 5.32. The van der Waals surface area contributed by atoms with Crippen molar-refractivity contribution in [2.45, 2.75) is 33.0 Å². The van der Waals surface area contributed by atoms with E-state index < -0.39 is 9.84 Å². The minimum atomic E-state index is -2.98. The average molecular weight is 413 g/mol. The zero-order valence-electron chi connectivity index (χ0n) is 15.8. The normalized spacial score (nSPS) is 19.3. The summed E-state index contributed by atoms with van der Waals surface area (Å²) < 4.78 is 41.8. The molecule has 3 rings (SSSR count). The van der Waals surface area contributed by atoms with Crippen molar-refractivity contribution >= 4 is 22.1 Å². The highest BCUT2D eigenvalue weighted by Gasteiger charge is 2.33. The van der Waals surface area contributed by atoms with Crippen LogP contribution in [0.1, 0.15) is 20.3 Å². The van der Waals surface area contributed by atoms with E-state index in [-0.39, 0.29) is 23.4 Å². The maximum Gasteiger partial charge on any atom is 0.199 e. The molecule has 0 bridgehead atoms. The molecule has 0 radical (unpaired) electrons. The van der Waals surface area contributed by atoms with Crippen molar-refractivity contribution in [1.29, 1.82) is 0 Å². The van der Waals surface area contributed by atoms with E-state index >= 15 is 0 Å². The largest absolute Gasteiger partial charge is 0.303 e. The van der Waals surface area contributed by atoms with Crippen LogP contribution < -0.4 is 0 Å². The number of sulfone groups is 1. The first kappa shape index (κ1) is 20.2. The summed E-state index contributed by atoms with van der Waals surface area (Å²) in [7, 11) is -1.22. The fourth-order valence-electron chi connectivity index (χ4n) is 3.48.